The van der Waals surface area contributed by atoms with Crippen LogP contribution in [0.5, 0.6) is 0 Å². The smallest absolute Gasteiger partial charge is 0.297 e. The van der Waals surface area contributed by atoms with Crippen molar-refractivity contribution in [1.29, 1.82) is 0 Å². The van der Waals surface area contributed by atoms with E-state index in [1.54, 1.807) is 0 Å². The third-order valence-electron chi connectivity index (χ3n) is 15.1. The molecule has 6 aromatic carbocycles. The predicted octanol–water partition coefficient (Wildman–Crippen LogP) is 15.3. The highest BCUT2D eigenvalue weighted by Crippen LogP contribution is 2.53. The number of hydrogen-bond donors (Lipinski definition) is 0. The molecule has 1 aliphatic carbocycles. The Labute approximate surface area is 388 Å². The fraction of sp³-hybridized carbons (Fsp3) is 0.350. The molecule has 5 heteroatoms. The largest absolute Gasteiger partial charge is 0.468 e. The number of aryl methyl sites for hydroxylation is 1. The Morgan fingerprint density at radius 3 is 1.75 bits per heavy atom. The van der Waals surface area contributed by atoms with Gasteiger partial charge in [-0.15, -0.1) is 0 Å². The van der Waals surface area contributed by atoms with Crippen molar-refractivity contribution in [1.82, 2.24) is 0 Å². The molecule has 0 N–H and O–H groups in total. The zero-order valence-electron chi connectivity index (χ0n) is 41.1. The molecule has 65 heavy (non-hydrogen) atoms. The molecular formula is C60H64BN3O. The van der Waals surface area contributed by atoms with Crippen molar-refractivity contribution >= 4 is 74.1 Å². The average molecular weight is 854 g/mol. The Morgan fingerprint density at radius 2 is 1.14 bits per heavy atom. The summed E-state index contributed by atoms with van der Waals surface area (Å²) in [5.74, 6) is 0. The predicted molar refractivity (Wildman–Crippen MR) is 278 cm³/mol. The third-order valence-corrected chi connectivity index (χ3v) is 15.1. The molecule has 0 spiro atoms. The fourth-order valence-corrected chi connectivity index (χ4v) is 11.0. The van der Waals surface area contributed by atoms with E-state index in [1.165, 1.54) is 55.4 Å². The highest BCUT2D eigenvalue weighted by molar-refractivity contribution is 7.00. The van der Waals surface area contributed by atoms with Crippen LogP contribution in [0, 0.1) is 13.5 Å². The number of benzene rings is 6. The number of anilines is 6. The zero-order valence-corrected chi connectivity index (χ0v) is 41.1. The molecular weight excluding hydrogens is 789 g/mol. The van der Waals surface area contributed by atoms with Crippen LogP contribution in [0.2, 0.25) is 0 Å². The summed E-state index contributed by atoms with van der Waals surface area (Å²) in [4.78, 5) is 9.11. The van der Waals surface area contributed by atoms with Gasteiger partial charge in [-0.1, -0.05) is 145 Å². The number of rotatable bonds is 3. The SMILES string of the molecule is [C-]#[N+]c1ccccc1-c1cc(C(C)(C)C)ccc1N1c2ccc(C(C)(C)C)cc2B2c3oc4cc5c(cc4c3N(c3ccc(C(C)(C)C)cc3)c3cc(C)cc1c32)C(C)(C)CCC5(C)C. The second-order valence-corrected chi connectivity index (χ2v) is 23.7. The summed E-state index contributed by atoms with van der Waals surface area (Å²) in [6, 6.07) is 41.2. The van der Waals surface area contributed by atoms with E-state index in [2.05, 4.69) is 209 Å². The highest BCUT2D eigenvalue weighted by Gasteiger charge is 2.48. The van der Waals surface area contributed by atoms with Gasteiger partial charge in [0.05, 0.1) is 23.6 Å². The standard InChI is InChI=1S/C60H64BN3O/c1-36-30-50-53-51(31-36)64(48-26-22-38(57(5,6)7)32-42(48)41-18-16-17-19-47(41)62-15)49-27-23-39(58(8,9)10)33-46(49)61(53)55-54(63(50)40-24-20-37(21-25-40)56(2,3)4)43-34-44-45(35-52(43)65-55)60(13,14)29-28-59(44,11)12/h16-27,30-35H,28-29H2,1-14H3. The van der Waals surface area contributed by atoms with Crippen molar-refractivity contribution in [2.45, 2.75) is 137 Å². The molecule has 0 radical (unpaired) electrons. The van der Waals surface area contributed by atoms with Gasteiger partial charge in [0, 0.05) is 28.1 Å². The molecule has 3 aliphatic rings. The number of para-hydroxylation sites is 1. The van der Waals surface area contributed by atoms with Crippen LogP contribution < -0.4 is 26.4 Å². The Hall–Kier alpha value is -5.99. The van der Waals surface area contributed by atoms with Crippen molar-refractivity contribution in [3.63, 3.8) is 0 Å². The molecule has 328 valence electrons. The van der Waals surface area contributed by atoms with Gasteiger partial charge in [0.2, 0.25) is 0 Å². The van der Waals surface area contributed by atoms with E-state index in [-0.39, 0.29) is 33.8 Å². The lowest BCUT2D eigenvalue weighted by atomic mass is 9.35. The van der Waals surface area contributed by atoms with Gasteiger partial charge >= 0.3 is 0 Å². The fourth-order valence-electron chi connectivity index (χ4n) is 11.0. The average Bonchev–Trinajstić information content (AvgIpc) is 3.61. The molecule has 10 rings (SSSR count). The van der Waals surface area contributed by atoms with Gasteiger partial charge in [-0.25, -0.2) is 4.85 Å². The lowest BCUT2D eigenvalue weighted by Gasteiger charge is -2.44. The summed E-state index contributed by atoms with van der Waals surface area (Å²) < 4.78 is 7.53. The van der Waals surface area contributed by atoms with Crippen LogP contribution in [-0.2, 0) is 27.1 Å². The highest BCUT2D eigenvalue weighted by atomic mass is 16.3. The van der Waals surface area contributed by atoms with Crippen LogP contribution >= 0.6 is 0 Å². The Morgan fingerprint density at radius 1 is 0.585 bits per heavy atom. The minimum absolute atomic E-state index is 0.0139. The summed E-state index contributed by atoms with van der Waals surface area (Å²) in [7, 11) is 0. The summed E-state index contributed by atoms with van der Waals surface area (Å²) in [5.41, 5.74) is 21.5. The molecule has 0 fully saturated rings. The van der Waals surface area contributed by atoms with Gasteiger partial charge in [-0.05, 0) is 157 Å². The van der Waals surface area contributed by atoms with E-state index < -0.39 is 0 Å². The van der Waals surface area contributed by atoms with E-state index in [1.807, 2.05) is 12.1 Å². The quantitative estimate of drug-likeness (QED) is 0.131. The van der Waals surface area contributed by atoms with Gasteiger partial charge in [0.1, 0.15) is 5.58 Å². The first-order valence-electron chi connectivity index (χ1n) is 23.7. The van der Waals surface area contributed by atoms with E-state index in [0.29, 0.717) is 5.69 Å². The lowest BCUT2D eigenvalue weighted by molar-refractivity contribution is 0.332. The maximum atomic E-state index is 8.32. The topological polar surface area (TPSA) is 24.0 Å². The summed E-state index contributed by atoms with van der Waals surface area (Å²) in [5, 5.41) is 1.17. The van der Waals surface area contributed by atoms with E-state index >= 15 is 0 Å². The summed E-state index contributed by atoms with van der Waals surface area (Å²) >= 11 is 0. The third kappa shape index (κ3) is 6.77. The first-order chi connectivity index (χ1) is 30.5. The van der Waals surface area contributed by atoms with Crippen LogP contribution in [0.25, 0.3) is 26.9 Å². The molecule has 0 amide bonds. The molecule has 0 bridgehead atoms. The molecule has 0 atom stereocenters. The van der Waals surface area contributed by atoms with Crippen molar-refractivity contribution < 1.29 is 4.42 Å². The normalized spacial score (nSPS) is 16.2. The zero-order chi connectivity index (χ0) is 46.3. The maximum Gasteiger partial charge on any atom is 0.297 e. The van der Waals surface area contributed by atoms with Gasteiger partial charge in [-0.3, -0.25) is 0 Å². The van der Waals surface area contributed by atoms with Crippen molar-refractivity contribution in [3.05, 3.63) is 154 Å². The summed E-state index contributed by atoms with van der Waals surface area (Å²) in [6.45, 7) is 40.6. The number of fused-ring (bicyclic) bond motifs is 7. The number of hydrogen-bond acceptors (Lipinski definition) is 3. The monoisotopic (exact) mass is 854 g/mol. The molecule has 0 saturated carbocycles. The van der Waals surface area contributed by atoms with Gasteiger partial charge in [0.15, 0.2) is 5.69 Å². The minimum Gasteiger partial charge on any atom is -0.468 e. The first kappa shape index (κ1) is 42.9. The van der Waals surface area contributed by atoms with Crippen LogP contribution in [0.15, 0.2) is 114 Å². The molecule has 7 aromatic rings. The van der Waals surface area contributed by atoms with Crippen LogP contribution in [-0.4, -0.2) is 6.71 Å². The molecule has 0 saturated heterocycles. The maximum absolute atomic E-state index is 8.32. The Bertz CT molecular complexity index is 3140. The van der Waals surface area contributed by atoms with E-state index in [9.17, 15) is 0 Å². The molecule has 0 unspecified atom stereocenters. The first-order valence-corrected chi connectivity index (χ1v) is 23.7. The van der Waals surface area contributed by atoms with Gasteiger partial charge < -0.3 is 14.2 Å². The van der Waals surface area contributed by atoms with Crippen molar-refractivity contribution in [2.75, 3.05) is 9.80 Å². The number of nitrogens with zero attached hydrogens (tertiary/aromatic N) is 3. The lowest BCUT2D eigenvalue weighted by Crippen LogP contribution is -2.61. The van der Waals surface area contributed by atoms with Crippen LogP contribution in [0.1, 0.15) is 136 Å². The molecule has 2 aliphatic heterocycles. The van der Waals surface area contributed by atoms with Crippen LogP contribution in [0.4, 0.5) is 39.8 Å². The van der Waals surface area contributed by atoms with Crippen LogP contribution in [0.3, 0.4) is 0 Å². The van der Waals surface area contributed by atoms with Gasteiger partial charge in [-0.2, -0.15) is 0 Å². The molecule has 4 nitrogen and oxygen atoms in total. The van der Waals surface area contributed by atoms with Gasteiger partial charge in [0.25, 0.3) is 6.71 Å². The molecule has 3 heterocycles. The Kier molecular flexibility index (Phi) is 9.42. The van der Waals surface area contributed by atoms with Crippen molar-refractivity contribution in [2.24, 2.45) is 0 Å². The molecule has 1 aromatic heterocycles. The number of furan rings is 1. The van der Waals surface area contributed by atoms with Crippen molar-refractivity contribution in [3.8, 4) is 11.1 Å². The minimum atomic E-state index is -0.174. The van der Waals surface area contributed by atoms with E-state index in [4.69, 9.17) is 11.0 Å². The second kappa shape index (κ2) is 14.3. The second-order valence-electron chi connectivity index (χ2n) is 23.7. The summed E-state index contributed by atoms with van der Waals surface area (Å²) in [6.07, 6.45) is 2.28. The Balaban J connectivity index is 1.34. The van der Waals surface area contributed by atoms with E-state index in [0.717, 1.165) is 63.6 Å².